The molecule has 1 atom stereocenters. The van der Waals surface area contributed by atoms with Crippen LogP contribution in [0, 0.1) is 17.2 Å². The van der Waals surface area contributed by atoms with E-state index in [2.05, 4.69) is 6.92 Å². The van der Waals surface area contributed by atoms with Gasteiger partial charge in [-0.1, -0.05) is 110 Å². The van der Waals surface area contributed by atoms with Crippen molar-refractivity contribution < 1.29 is 4.79 Å². The third kappa shape index (κ3) is 15.4. The van der Waals surface area contributed by atoms with E-state index in [0.29, 0.717) is 12.3 Å². The van der Waals surface area contributed by atoms with Crippen LogP contribution in [-0.4, -0.2) is 11.8 Å². The zero-order valence-corrected chi connectivity index (χ0v) is 17.5. The Labute approximate surface area is 163 Å². The summed E-state index contributed by atoms with van der Waals surface area (Å²) in [7, 11) is 0. The molecule has 0 aromatic rings. The molecule has 0 heterocycles. The van der Waals surface area contributed by atoms with Gasteiger partial charge in [0.2, 0.25) is 0 Å². The SMILES string of the molecule is CCCCCCCCCCCCCCCCCC[C](C#N)C(=O)[C@@H](C)N. The predicted molar refractivity (Wildman–Crippen MR) is 112 cm³/mol. The first-order valence-corrected chi connectivity index (χ1v) is 11.2. The van der Waals surface area contributed by atoms with Gasteiger partial charge in [0.15, 0.2) is 5.78 Å². The van der Waals surface area contributed by atoms with Crippen molar-refractivity contribution in [2.24, 2.45) is 5.73 Å². The summed E-state index contributed by atoms with van der Waals surface area (Å²) in [4.78, 5) is 11.7. The van der Waals surface area contributed by atoms with Gasteiger partial charge in [0.1, 0.15) is 5.92 Å². The predicted octanol–water partition coefficient (Wildman–Crippen LogP) is 6.65. The Balaban J connectivity index is 3.27. The minimum absolute atomic E-state index is 0.187. The number of Topliss-reactive ketones (excluding diaryl/α,β-unsaturated/α-hetero) is 1. The summed E-state index contributed by atoms with van der Waals surface area (Å²) in [6.07, 6.45) is 21.9. The highest BCUT2D eigenvalue weighted by Crippen LogP contribution is 2.16. The maximum atomic E-state index is 11.7. The first kappa shape index (κ1) is 25.1. The monoisotopic (exact) mass is 363 g/mol. The average molecular weight is 364 g/mol. The largest absolute Gasteiger partial charge is 0.322 e. The fourth-order valence-electron chi connectivity index (χ4n) is 3.36. The van der Waals surface area contributed by atoms with Gasteiger partial charge in [0.05, 0.1) is 12.1 Å². The topological polar surface area (TPSA) is 66.9 Å². The highest BCUT2D eigenvalue weighted by molar-refractivity contribution is 5.98. The van der Waals surface area contributed by atoms with Crippen LogP contribution in [0.5, 0.6) is 0 Å². The molecule has 0 aromatic carbocycles. The maximum Gasteiger partial charge on any atom is 0.171 e. The molecule has 0 aliphatic heterocycles. The molecule has 0 saturated carbocycles. The van der Waals surface area contributed by atoms with Crippen LogP contribution >= 0.6 is 0 Å². The molecule has 3 heteroatoms. The van der Waals surface area contributed by atoms with Gasteiger partial charge >= 0.3 is 0 Å². The Morgan fingerprint density at radius 3 is 1.42 bits per heavy atom. The lowest BCUT2D eigenvalue weighted by molar-refractivity contribution is -0.117. The molecular formula is C23H43N2O. The molecule has 0 aliphatic carbocycles. The third-order valence-electron chi connectivity index (χ3n) is 5.13. The number of unbranched alkanes of at least 4 members (excludes halogenated alkanes) is 15. The number of nitriles is 1. The number of hydrogen-bond donors (Lipinski definition) is 1. The van der Waals surface area contributed by atoms with Crippen LogP contribution < -0.4 is 5.73 Å². The fourth-order valence-corrected chi connectivity index (χ4v) is 3.36. The number of carbonyl (C=O) groups is 1. The van der Waals surface area contributed by atoms with Gasteiger partial charge in [-0.15, -0.1) is 0 Å². The van der Waals surface area contributed by atoms with E-state index in [1.165, 1.54) is 89.9 Å². The van der Waals surface area contributed by atoms with Gasteiger partial charge in [-0.3, -0.25) is 4.79 Å². The molecule has 0 saturated heterocycles. The Kier molecular flexibility index (Phi) is 18.3. The Morgan fingerprint density at radius 1 is 0.769 bits per heavy atom. The molecule has 0 spiro atoms. The average Bonchev–Trinajstić information content (AvgIpc) is 2.64. The zero-order chi connectivity index (χ0) is 19.5. The van der Waals surface area contributed by atoms with Crippen LogP contribution in [-0.2, 0) is 4.79 Å². The van der Waals surface area contributed by atoms with Crippen molar-refractivity contribution in [2.75, 3.05) is 0 Å². The lowest BCUT2D eigenvalue weighted by Crippen LogP contribution is -2.31. The summed E-state index contributed by atoms with van der Waals surface area (Å²) in [5, 5.41) is 9.01. The fraction of sp³-hybridized carbons (Fsp3) is 0.870. The summed E-state index contributed by atoms with van der Waals surface area (Å²) in [5.74, 6) is 0.166. The second kappa shape index (κ2) is 18.9. The van der Waals surface area contributed by atoms with E-state index in [0.717, 1.165) is 12.8 Å². The molecule has 151 valence electrons. The molecular weight excluding hydrogens is 320 g/mol. The van der Waals surface area contributed by atoms with Gasteiger partial charge < -0.3 is 5.73 Å². The van der Waals surface area contributed by atoms with E-state index >= 15 is 0 Å². The molecule has 0 fully saturated rings. The number of nitrogens with zero attached hydrogens (tertiary/aromatic N) is 1. The molecule has 0 rings (SSSR count). The van der Waals surface area contributed by atoms with E-state index in [1.54, 1.807) is 6.92 Å². The summed E-state index contributed by atoms with van der Waals surface area (Å²) >= 11 is 0. The summed E-state index contributed by atoms with van der Waals surface area (Å²) in [6, 6.07) is 1.47. The highest BCUT2D eigenvalue weighted by Gasteiger charge is 2.21. The first-order chi connectivity index (χ1) is 12.6. The second-order valence-corrected chi connectivity index (χ2v) is 7.80. The van der Waals surface area contributed by atoms with Gasteiger partial charge in [-0.2, -0.15) is 5.26 Å². The second-order valence-electron chi connectivity index (χ2n) is 7.80. The molecule has 3 nitrogen and oxygen atoms in total. The standard InChI is InChI=1S/C23H43N2O/c1-3-4-5-6-7-8-9-10-11-12-13-14-15-16-17-18-19-22(20-24)23(26)21(2)25/h21H,3-19,25H2,1-2H3/t21-/m1/s1. The molecule has 0 aliphatic rings. The molecule has 0 amide bonds. The van der Waals surface area contributed by atoms with Crippen molar-refractivity contribution in [3.8, 4) is 6.07 Å². The lowest BCUT2D eigenvalue weighted by atomic mass is 9.94. The van der Waals surface area contributed by atoms with Crippen molar-refractivity contribution in [1.82, 2.24) is 0 Å². The van der Waals surface area contributed by atoms with Crippen molar-refractivity contribution in [2.45, 2.75) is 129 Å². The summed E-state index contributed by atoms with van der Waals surface area (Å²) in [5.41, 5.74) is 5.55. The van der Waals surface area contributed by atoms with Gasteiger partial charge in [-0.25, -0.2) is 0 Å². The van der Waals surface area contributed by atoms with Gasteiger partial charge in [0, 0.05) is 0 Å². The van der Waals surface area contributed by atoms with E-state index < -0.39 is 6.04 Å². The molecule has 0 bridgehead atoms. The van der Waals surface area contributed by atoms with Crippen LogP contribution in [0.1, 0.15) is 123 Å². The Morgan fingerprint density at radius 2 is 1.12 bits per heavy atom. The number of carbonyl (C=O) groups excluding carboxylic acids is 1. The number of rotatable bonds is 19. The van der Waals surface area contributed by atoms with E-state index in [-0.39, 0.29) is 5.78 Å². The number of ketones is 1. The highest BCUT2D eigenvalue weighted by atomic mass is 16.1. The van der Waals surface area contributed by atoms with Gasteiger partial charge in [-0.05, 0) is 13.3 Å². The molecule has 0 aromatic heterocycles. The van der Waals surface area contributed by atoms with Crippen molar-refractivity contribution in [3.63, 3.8) is 0 Å². The quantitative estimate of drug-likeness (QED) is 0.261. The maximum absolute atomic E-state index is 11.7. The molecule has 26 heavy (non-hydrogen) atoms. The van der Waals surface area contributed by atoms with E-state index in [9.17, 15) is 4.79 Å². The molecule has 0 unspecified atom stereocenters. The smallest absolute Gasteiger partial charge is 0.171 e. The zero-order valence-electron chi connectivity index (χ0n) is 17.5. The molecule has 2 N–H and O–H groups in total. The van der Waals surface area contributed by atoms with Crippen molar-refractivity contribution >= 4 is 5.78 Å². The van der Waals surface area contributed by atoms with Crippen LogP contribution in [0.2, 0.25) is 0 Å². The van der Waals surface area contributed by atoms with Crippen molar-refractivity contribution in [1.29, 1.82) is 5.26 Å². The van der Waals surface area contributed by atoms with Crippen LogP contribution in [0.4, 0.5) is 0 Å². The van der Waals surface area contributed by atoms with E-state index in [1.807, 2.05) is 6.07 Å². The minimum atomic E-state index is -0.550. The van der Waals surface area contributed by atoms with Gasteiger partial charge in [0.25, 0.3) is 0 Å². The summed E-state index contributed by atoms with van der Waals surface area (Å²) < 4.78 is 0. The van der Waals surface area contributed by atoms with Crippen molar-refractivity contribution in [3.05, 3.63) is 5.92 Å². The third-order valence-corrected chi connectivity index (χ3v) is 5.13. The first-order valence-electron chi connectivity index (χ1n) is 11.2. The Hall–Kier alpha value is -0.880. The normalized spacial score (nSPS) is 12.3. The number of hydrogen-bond acceptors (Lipinski definition) is 3. The number of nitrogens with two attached hydrogens (primary N) is 1. The Bertz CT molecular complexity index is 360. The van der Waals surface area contributed by atoms with Crippen LogP contribution in [0.25, 0.3) is 0 Å². The minimum Gasteiger partial charge on any atom is -0.322 e. The van der Waals surface area contributed by atoms with E-state index in [4.69, 9.17) is 11.0 Å². The van der Waals surface area contributed by atoms with Crippen LogP contribution in [0.3, 0.4) is 0 Å². The van der Waals surface area contributed by atoms with Crippen LogP contribution in [0.15, 0.2) is 0 Å². The summed E-state index contributed by atoms with van der Waals surface area (Å²) in [6.45, 7) is 3.92. The lowest BCUT2D eigenvalue weighted by Gasteiger charge is -2.09. The molecule has 1 radical (unpaired) electrons.